The predicted molar refractivity (Wildman–Crippen MR) is 160 cm³/mol. The Hall–Kier alpha value is -3.75. The average molecular weight is 539 g/mol. The van der Waals surface area contributed by atoms with Crippen molar-refractivity contribution in [3.63, 3.8) is 0 Å². The van der Waals surface area contributed by atoms with Gasteiger partial charge in [-0.3, -0.25) is 4.79 Å². The molecule has 40 heavy (non-hydrogen) atoms. The summed E-state index contributed by atoms with van der Waals surface area (Å²) in [6.07, 6.45) is 4.20. The van der Waals surface area contributed by atoms with Gasteiger partial charge < -0.3 is 24.4 Å². The number of fused-ring (bicyclic) bond motifs is 1. The van der Waals surface area contributed by atoms with Crippen LogP contribution in [0.5, 0.6) is 0 Å². The van der Waals surface area contributed by atoms with E-state index in [1.807, 2.05) is 37.5 Å². The average Bonchev–Trinajstić information content (AvgIpc) is 3.63. The molecular formula is C32H38N6O2. The lowest BCUT2D eigenvalue weighted by Crippen LogP contribution is -2.45. The highest BCUT2D eigenvalue weighted by atomic mass is 16.5. The minimum absolute atomic E-state index is 0.0138. The highest BCUT2D eigenvalue weighted by Crippen LogP contribution is 2.34. The zero-order valence-corrected chi connectivity index (χ0v) is 23.9. The third-order valence-electron chi connectivity index (χ3n) is 8.33. The van der Waals surface area contributed by atoms with E-state index in [9.17, 15) is 4.79 Å². The molecule has 8 heteroatoms. The van der Waals surface area contributed by atoms with E-state index < -0.39 is 0 Å². The fourth-order valence-electron chi connectivity index (χ4n) is 6.12. The number of nitrogens with one attached hydrogen (secondary N) is 1. The van der Waals surface area contributed by atoms with Gasteiger partial charge in [-0.05, 0) is 80.8 Å². The van der Waals surface area contributed by atoms with Crippen LogP contribution in [0.1, 0.15) is 34.3 Å². The number of aromatic nitrogens is 3. The van der Waals surface area contributed by atoms with Crippen molar-refractivity contribution >= 4 is 22.6 Å². The van der Waals surface area contributed by atoms with Gasteiger partial charge in [0, 0.05) is 80.3 Å². The molecule has 4 heterocycles. The molecule has 2 aliphatic heterocycles. The Morgan fingerprint density at radius 1 is 1.02 bits per heavy atom. The van der Waals surface area contributed by atoms with Gasteiger partial charge in [0.25, 0.3) is 5.91 Å². The van der Waals surface area contributed by atoms with Gasteiger partial charge in [0.1, 0.15) is 0 Å². The van der Waals surface area contributed by atoms with Crippen molar-refractivity contribution in [1.29, 1.82) is 0 Å². The lowest BCUT2D eigenvalue weighted by atomic mass is 9.99. The van der Waals surface area contributed by atoms with Crippen LogP contribution in [-0.4, -0.2) is 90.4 Å². The molecule has 1 unspecified atom stereocenters. The molecule has 0 bridgehead atoms. The van der Waals surface area contributed by atoms with Crippen LogP contribution in [0, 0.1) is 13.8 Å². The zero-order valence-electron chi connectivity index (χ0n) is 23.9. The van der Waals surface area contributed by atoms with Crippen molar-refractivity contribution in [2.24, 2.45) is 0 Å². The fraction of sp³-hybridized carbons (Fsp3) is 0.406. The van der Waals surface area contributed by atoms with Crippen LogP contribution in [0.25, 0.3) is 33.4 Å². The number of carbonyl (C=O) groups is 1. The number of benzene rings is 2. The normalized spacial score (nSPS) is 18.0. The monoisotopic (exact) mass is 538 g/mol. The number of aryl methyl sites for hydroxylation is 2. The van der Waals surface area contributed by atoms with Crippen LogP contribution in [0.4, 0.5) is 5.69 Å². The van der Waals surface area contributed by atoms with Crippen molar-refractivity contribution in [2.45, 2.75) is 32.8 Å². The second-order valence-corrected chi connectivity index (χ2v) is 11.3. The zero-order chi connectivity index (χ0) is 27.8. The molecule has 0 radical (unpaired) electrons. The quantitative estimate of drug-likeness (QED) is 0.376. The maximum absolute atomic E-state index is 13.0. The molecule has 2 aromatic heterocycles. The highest BCUT2D eigenvalue weighted by Gasteiger charge is 2.22. The van der Waals surface area contributed by atoms with E-state index in [2.05, 4.69) is 64.1 Å². The summed E-state index contributed by atoms with van der Waals surface area (Å²) in [6, 6.07) is 14.4. The van der Waals surface area contributed by atoms with Crippen LogP contribution in [0.15, 0.2) is 48.7 Å². The number of hydrogen-bond acceptors (Lipinski definition) is 6. The Morgan fingerprint density at radius 3 is 2.42 bits per heavy atom. The second kappa shape index (κ2) is 11.0. The molecule has 1 N–H and O–H groups in total. The van der Waals surface area contributed by atoms with Crippen LogP contribution in [0.2, 0.25) is 0 Å². The maximum Gasteiger partial charge on any atom is 0.253 e. The third-order valence-corrected chi connectivity index (χ3v) is 8.33. The van der Waals surface area contributed by atoms with Crippen LogP contribution >= 0.6 is 0 Å². The van der Waals surface area contributed by atoms with Gasteiger partial charge in [-0.2, -0.15) is 0 Å². The first-order chi connectivity index (χ1) is 19.4. The van der Waals surface area contributed by atoms with Gasteiger partial charge >= 0.3 is 0 Å². The van der Waals surface area contributed by atoms with Gasteiger partial charge in [-0.1, -0.05) is 12.1 Å². The molecule has 0 aliphatic carbocycles. The van der Waals surface area contributed by atoms with E-state index in [1.54, 1.807) is 4.90 Å². The van der Waals surface area contributed by atoms with Crippen molar-refractivity contribution < 1.29 is 9.53 Å². The number of rotatable bonds is 6. The number of amides is 1. The largest absolute Gasteiger partial charge is 0.376 e. The molecule has 1 amide bonds. The SMILES string of the molecule is Cc1cc(-c2cc3c(-c4ccc(C(=O)N(C)CC5CCCO5)cc4)c[nH]c3nn2)cc(C)c1N1CCN(C)CC1. The molecule has 6 rings (SSSR count). The molecule has 0 saturated carbocycles. The summed E-state index contributed by atoms with van der Waals surface area (Å²) in [5, 5.41) is 10.1. The molecule has 1 atom stereocenters. The lowest BCUT2D eigenvalue weighted by molar-refractivity contribution is 0.0587. The van der Waals surface area contributed by atoms with E-state index in [0.29, 0.717) is 12.1 Å². The summed E-state index contributed by atoms with van der Waals surface area (Å²) in [5.41, 5.74) is 9.29. The predicted octanol–water partition coefficient (Wildman–Crippen LogP) is 4.91. The Bertz CT molecular complexity index is 1490. The minimum Gasteiger partial charge on any atom is -0.376 e. The fourth-order valence-corrected chi connectivity index (χ4v) is 6.12. The smallest absolute Gasteiger partial charge is 0.253 e. The van der Waals surface area contributed by atoms with E-state index in [4.69, 9.17) is 4.74 Å². The first-order valence-electron chi connectivity index (χ1n) is 14.2. The van der Waals surface area contributed by atoms with Crippen molar-refractivity contribution in [3.05, 3.63) is 65.4 Å². The number of ether oxygens (including phenoxy) is 1. The molecule has 2 aliphatic rings. The van der Waals surface area contributed by atoms with E-state index in [1.165, 1.54) is 16.8 Å². The van der Waals surface area contributed by atoms with Gasteiger partial charge in [0.05, 0.1) is 11.8 Å². The summed E-state index contributed by atoms with van der Waals surface area (Å²) in [6.45, 7) is 10.1. The van der Waals surface area contributed by atoms with Gasteiger partial charge in [-0.15, -0.1) is 10.2 Å². The number of piperazine rings is 1. The minimum atomic E-state index is 0.0138. The van der Waals surface area contributed by atoms with Crippen LogP contribution in [0.3, 0.4) is 0 Å². The van der Waals surface area contributed by atoms with E-state index in [-0.39, 0.29) is 12.0 Å². The maximum atomic E-state index is 13.0. The number of hydrogen-bond donors (Lipinski definition) is 1. The standard InChI is InChI=1S/C32H38N6O2/c1-21-16-25(17-22(2)30(21)38-13-11-36(3)12-14-38)29-18-27-28(19-33-31(27)35-34-29)23-7-9-24(10-8-23)32(39)37(4)20-26-6-5-15-40-26/h7-10,16-19,26H,5-6,11-15,20H2,1-4H3,(H,33,35). The molecule has 2 saturated heterocycles. The number of anilines is 1. The van der Waals surface area contributed by atoms with Crippen LogP contribution < -0.4 is 4.90 Å². The summed E-state index contributed by atoms with van der Waals surface area (Å²) < 4.78 is 5.70. The lowest BCUT2D eigenvalue weighted by Gasteiger charge is -2.36. The molecular weight excluding hydrogens is 500 g/mol. The molecule has 4 aromatic rings. The number of likely N-dealkylation sites (N-methyl/N-ethyl adjacent to an activating group) is 2. The van der Waals surface area contributed by atoms with Gasteiger partial charge in [-0.25, -0.2) is 0 Å². The number of H-pyrrole nitrogens is 1. The van der Waals surface area contributed by atoms with Crippen molar-refractivity contribution in [3.8, 4) is 22.4 Å². The molecule has 0 spiro atoms. The summed E-state index contributed by atoms with van der Waals surface area (Å²) in [7, 11) is 4.03. The number of carbonyl (C=O) groups excluding carboxylic acids is 1. The molecule has 8 nitrogen and oxygen atoms in total. The van der Waals surface area contributed by atoms with E-state index in [0.717, 1.165) is 79.0 Å². The first-order valence-corrected chi connectivity index (χ1v) is 14.2. The number of nitrogens with zero attached hydrogens (tertiary/aromatic N) is 5. The second-order valence-electron chi connectivity index (χ2n) is 11.3. The third kappa shape index (κ3) is 5.21. The van der Waals surface area contributed by atoms with Gasteiger partial charge in [0.15, 0.2) is 5.65 Å². The van der Waals surface area contributed by atoms with Crippen molar-refractivity contribution in [1.82, 2.24) is 25.0 Å². The van der Waals surface area contributed by atoms with Crippen molar-refractivity contribution in [2.75, 3.05) is 58.3 Å². The van der Waals surface area contributed by atoms with E-state index >= 15 is 0 Å². The topological polar surface area (TPSA) is 77.6 Å². The summed E-state index contributed by atoms with van der Waals surface area (Å²) >= 11 is 0. The Morgan fingerprint density at radius 2 is 1.75 bits per heavy atom. The molecule has 2 fully saturated rings. The Balaban J connectivity index is 1.24. The Labute approximate surface area is 235 Å². The number of aromatic amines is 1. The highest BCUT2D eigenvalue weighted by molar-refractivity contribution is 5.97. The molecule has 2 aromatic carbocycles. The summed E-state index contributed by atoms with van der Waals surface area (Å²) in [5.74, 6) is 0.0138. The first kappa shape index (κ1) is 26.5. The van der Waals surface area contributed by atoms with Gasteiger partial charge in [0.2, 0.25) is 0 Å². The molecule has 208 valence electrons. The summed E-state index contributed by atoms with van der Waals surface area (Å²) in [4.78, 5) is 22.9. The Kier molecular flexibility index (Phi) is 7.29. The van der Waals surface area contributed by atoms with Crippen LogP contribution in [-0.2, 0) is 4.74 Å².